The van der Waals surface area contributed by atoms with Gasteiger partial charge in [0.2, 0.25) is 5.91 Å². The predicted octanol–water partition coefficient (Wildman–Crippen LogP) is 3.57. The number of nitrogens with zero attached hydrogens (tertiary/aromatic N) is 3. The Labute approximate surface area is 186 Å². The first-order valence-corrected chi connectivity index (χ1v) is 10.8. The highest BCUT2D eigenvalue weighted by atomic mass is 35.5. The molecule has 0 radical (unpaired) electrons. The molecule has 0 bridgehead atoms. The summed E-state index contributed by atoms with van der Waals surface area (Å²) < 4.78 is 18.9. The van der Waals surface area contributed by atoms with Crippen LogP contribution in [0.1, 0.15) is 28.8 Å². The lowest BCUT2D eigenvalue weighted by Crippen LogP contribution is -2.48. The molecule has 2 amide bonds. The molecule has 2 aromatic carbocycles. The number of hydrogen-bond acceptors (Lipinski definition) is 4. The van der Waals surface area contributed by atoms with E-state index in [0.717, 1.165) is 12.0 Å². The highest BCUT2D eigenvalue weighted by Crippen LogP contribution is 2.31. The molecular weight excluding hydrogens is 421 g/mol. The number of piperazine rings is 1. The lowest BCUT2D eigenvalue weighted by molar-refractivity contribution is -0.117. The van der Waals surface area contributed by atoms with Crippen LogP contribution in [-0.4, -0.2) is 61.4 Å². The molecule has 2 aliphatic heterocycles. The first kappa shape index (κ1) is 21.6. The molecule has 0 atom stereocenters. The molecule has 2 fully saturated rings. The van der Waals surface area contributed by atoms with Crippen molar-refractivity contribution in [3.05, 3.63) is 58.4 Å². The van der Waals surface area contributed by atoms with Crippen LogP contribution in [0, 0.1) is 5.82 Å². The van der Waals surface area contributed by atoms with Crippen molar-refractivity contribution < 1.29 is 18.7 Å². The minimum Gasteiger partial charge on any atom is -0.494 e. The van der Waals surface area contributed by atoms with E-state index in [-0.39, 0.29) is 23.4 Å². The van der Waals surface area contributed by atoms with Crippen molar-refractivity contribution in [2.75, 3.05) is 44.7 Å². The topological polar surface area (TPSA) is 53.1 Å². The van der Waals surface area contributed by atoms with E-state index >= 15 is 0 Å². The number of carbonyl (C=O) groups is 2. The Morgan fingerprint density at radius 1 is 1.10 bits per heavy atom. The number of anilines is 1. The third kappa shape index (κ3) is 4.67. The Kier molecular flexibility index (Phi) is 6.43. The van der Waals surface area contributed by atoms with Gasteiger partial charge in [0.25, 0.3) is 5.91 Å². The fraction of sp³-hybridized carbons (Fsp3) is 0.391. The lowest BCUT2D eigenvalue weighted by Gasteiger charge is -2.35. The van der Waals surface area contributed by atoms with Crippen LogP contribution in [0.5, 0.6) is 5.75 Å². The monoisotopic (exact) mass is 445 g/mol. The minimum atomic E-state index is -0.371. The fourth-order valence-electron chi connectivity index (χ4n) is 4.11. The van der Waals surface area contributed by atoms with Crippen LogP contribution in [0.25, 0.3) is 0 Å². The Bertz CT molecular complexity index is 992. The lowest BCUT2D eigenvalue weighted by atomic mass is 10.1. The van der Waals surface area contributed by atoms with Crippen LogP contribution in [0.4, 0.5) is 10.1 Å². The van der Waals surface area contributed by atoms with Gasteiger partial charge in [0.1, 0.15) is 0 Å². The van der Waals surface area contributed by atoms with Crippen LogP contribution < -0.4 is 9.64 Å². The number of carbonyl (C=O) groups excluding carboxylic acids is 2. The van der Waals surface area contributed by atoms with E-state index in [4.69, 9.17) is 16.3 Å². The van der Waals surface area contributed by atoms with Gasteiger partial charge < -0.3 is 14.5 Å². The van der Waals surface area contributed by atoms with Gasteiger partial charge in [-0.2, -0.15) is 0 Å². The van der Waals surface area contributed by atoms with Crippen LogP contribution in [0.3, 0.4) is 0 Å². The molecule has 164 valence electrons. The average Bonchev–Trinajstić information content (AvgIpc) is 3.20. The van der Waals surface area contributed by atoms with Gasteiger partial charge in [-0.25, -0.2) is 4.39 Å². The quantitative estimate of drug-likeness (QED) is 0.706. The van der Waals surface area contributed by atoms with E-state index in [1.807, 2.05) is 11.0 Å². The highest BCUT2D eigenvalue weighted by molar-refractivity contribution is 6.34. The Morgan fingerprint density at radius 3 is 2.52 bits per heavy atom. The summed E-state index contributed by atoms with van der Waals surface area (Å²) in [5.41, 5.74) is 2.01. The van der Waals surface area contributed by atoms with E-state index in [2.05, 4.69) is 4.90 Å². The first-order chi connectivity index (χ1) is 15.0. The molecule has 0 aromatic heterocycles. The van der Waals surface area contributed by atoms with Gasteiger partial charge in [-0.05, 0) is 42.3 Å². The van der Waals surface area contributed by atoms with Crippen molar-refractivity contribution in [3.63, 3.8) is 0 Å². The molecule has 31 heavy (non-hydrogen) atoms. The van der Waals surface area contributed by atoms with Crippen LogP contribution >= 0.6 is 11.6 Å². The SMILES string of the molecule is COc1ccc(CN2CCN(C(=O)c3ccc(Cl)c(N4CCCC4=O)c3)CC2)cc1F. The molecule has 4 rings (SSSR count). The van der Waals surface area contributed by atoms with Crippen molar-refractivity contribution >= 4 is 29.1 Å². The van der Waals surface area contributed by atoms with Crippen molar-refractivity contribution in [2.24, 2.45) is 0 Å². The molecular formula is C23H25ClFN3O3. The second-order valence-corrected chi connectivity index (χ2v) is 8.26. The van der Waals surface area contributed by atoms with Crippen LogP contribution in [-0.2, 0) is 11.3 Å². The summed E-state index contributed by atoms with van der Waals surface area (Å²) in [5, 5.41) is 0.475. The third-order valence-electron chi connectivity index (χ3n) is 5.84. The molecule has 0 spiro atoms. The molecule has 8 heteroatoms. The highest BCUT2D eigenvalue weighted by Gasteiger charge is 2.27. The second-order valence-electron chi connectivity index (χ2n) is 7.85. The summed E-state index contributed by atoms with van der Waals surface area (Å²) in [6.07, 6.45) is 1.31. The average molecular weight is 446 g/mol. The van der Waals surface area contributed by atoms with E-state index in [1.54, 1.807) is 29.2 Å². The summed E-state index contributed by atoms with van der Waals surface area (Å²) in [6, 6.07) is 10.1. The number of ether oxygens (including phenoxy) is 1. The van der Waals surface area contributed by atoms with Crippen molar-refractivity contribution in [2.45, 2.75) is 19.4 Å². The Morgan fingerprint density at radius 2 is 1.87 bits per heavy atom. The van der Waals surface area contributed by atoms with Gasteiger partial charge in [-0.15, -0.1) is 0 Å². The molecule has 2 heterocycles. The number of rotatable bonds is 5. The van der Waals surface area contributed by atoms with Crippen molar-refractivity contribution in [1.82, 2.24) is 9.80 Å². The van der Waals surface area contributed by atoms with Crippen molar-refractivity contribution in [3.8, 4) is 5.75 Å². The maximum atomic E-state index is 13.9. The molecule has 6 nitrogen and oxygen atoms in total. The summed E-state index contributed by atoms with van der Waals surface area (Å²) in [6.45, 7) is 3.80. The molecule has 0 saturated carbocycles. The zero-order valence-corrected chi connectivity index (χ0v) is 18.2. The van der Waals surface area contributed by atoms with Crippen molar-refractivity contribution in [1.29, 1.82) is 0 Å². The van der Waals surface area contributed by atoms with E-state index in [1.165, 1.54) is 13.2 Å². The van der Waals surface area contributed by atoms with Gasteiger partial charge in [0, 0.05) is 51.3 Å². The summed E-state index contributed by atoms with van der Waals surface area (Å²) in [7, 11) is 1.45. The second kappa shape index (κ2) is 9.24. The summed E-state index contributed by atoms with van der Waals surface area (Å²) in [5.74, 6) is -0.171. The number of benzene rings is 2. The van der Waals surface area contributed by atoms with Crippen LogP contribution in [0.2, 0.25) is 5.02 Å². The summed E-state index contributed by atoms with van der Waals surface area (Å²) >= 11 is 6.30. The first-order valence-electron chi connectivity index (χ1n) is 10.4. The smallest absolute Gasteiger partial charge is 0.254 e. The Hall–Kier alpha value is -2.64. The van der Waals surface area contributed by atoms with E-state index in [9.17, 15) is 14.0 Å². The number of amides is 2. The zero-order chi connectivity index (χ0) is 22.0. The minimum absolute atomic E-state index is 0.0371. The molecule has 0 unspecified atom stereocenters. The molecule has 2 saturated heterocycles. The van der Waals surface area contributed by atoms with Gasteiger partial charge >= 0.3 is 0 Å². The fourth-order valence-corrected chi connectivity index (χ4v) is 4.33. The van der Waals surface area contributed by atoms with Gasteiger partial charge in [-0.1, -0.05) is 17.7 Å². The largest absolute Gasteiger partial charge is 0.494 e. The van der Waals surface area contributed by atoms with E-state index < -0.39 is 0 Å². The molecule has 2 aliphatic rings. The van der Waals surface area contributed by atoms with Gasteiger partial charge in [-0.3, -0.25) is 14.5 Å². The predicted molar refractivity (Wildman–Crippen MR) is 117 cm³/mol. The Balaban J connectivity index is 1.38. The number of hydrogen-bond donors (Lipinski definition) is 0. The summed E-state index contributed by atoms with van der Waals surface area (Å²) in [4.78, 5) is 30.8. The maximum absolute atomic E-state index is 13.9. The number of methoxy groups -OCH3 is 1. The van der Waals surface area contributed by atoms with E-state index in [0.29, 0.717) is 62.0 Å². The third-order valence-corrected chi connectivity index (χ3v) is 6.16. The zero-order valence-electron chi connectivity index (χ0n) is 17.4. The van der Waals surface area contributed by atoms with Crippen LogP contribution in [0.15, 0.2) is 36.4 Å². The molecule has 0 aliphatic carbocycles. The van der Waals surface area contributed by atoms with Gasteiger partial charge in [0.05, 0.1) is 17.8 Å². The molecule has 2 aromatic rings. The number of halogens is 2. The maximum Gasteiger partial charge on any atom is 0.254 e. The van der Waals surface area contributed by atoms with Gasteiger partial charge in [0.15, 0.2) is 11.6 Å². The standard InChI is InChI=1S/C23H25ClFN3O3/c1-31-21-7-4-16(13-19(21)25)15-26-9-11-27(12-10-26)23(30)17-5-6-18(24)20(14-17)28-8-2-3-22(28)29/h4-7,13-14H,2-3,8-12,15H2,1H3. The molecule has 0 N–H and O–H groups in total. The normalized spacial score (nSPS) is 17.3.